The molecule has 4 heteroatoms. The van der Waals surface area contributed by atoms with E-state index in [4.69, 9.17) is 0 Å². The van der Waals surface area contributed by atoms with Crippen LogP contribution in [-0.4, -0.2) is 23.0 Å². The van der Waals surface area contributed by atoms with Crippen LogP contribution in [0.5, 0.6) is 0 Å². The molecule has 0 aliphatic heterocycles. The zero-order chi connectivity index (χ0) is 15.2. The molecule has 4 nitrogen and oxygen atoms in total. The van der Waals surface area contributed by atoms with Gasteiger partial charge in [0.15, 0.2) is 0 Å². The number of benzene rings is 1. The highest BCUT2D eigenvalue weighted by atomic mass is 16.4. The Morgan fingerprint density at radius 2 is 1.81 bits per heavy atom. The average Bonchev–Trinajstić information content (AvgIpc) is 2.72. The van der Waals surface area contributed by atoms with Crippen LogP contribution in [0.25, 0.3) is 0 Å². The molecular weight excluding hydrogens is 266 g/mol. The average molecular weight is 289 g/mol. The zero-order valence-corrected chi connectivity index (χ0v) is 12.4. The third kappa shape index (κ3) is 4.06. The van der Waals surface area contributed by atoms with Crippen molar-refractivity contribution in [1.82, 2.24) is 5.32 Å². The van der Waals surface area contributed by atoms with Crippen LogP contribution < -0.4 is 5.32 Å². The van der Waals surface area contributed by atoms with Gasteiger partial charge in [-0.05, 0) is 25.3 Å². The minimum absolute atomic E-state index is 0.0839. The standard InChI is InChI=1S/C17H23NO3/c1-12(13-8-4-2-5-9-13)16(19)18-15-11-7-3-6-10-14(15)17(20)21/h2,4-5,8-9,12,14-15H,3,6-7,10-11H2,1H3,(H,18,19)(H,20,21)/t12-,14+,15-/m0/s1. The SMILES string of the molecule is C[C@H](C(=O)N[C@H]1CCCCC[C@H]1C(=O)O)c1ccccc1. The molecule has 0 radical (unpaired) electrons. The summed E-state index contributed by atoms with van der Waals surface area (Å²) < 4.78 is 0. The van der Waals surface area contributed by atoms with Crippen molar-refractivity contribution < 1.29 is 14.7 Å². The summed E-state index contributed by atoms with van der Waals surface area (Å²) in [5.74, 6) is -1.60. The van der Waals surface area contributed by atoms with Crippen molar-refractivity contribution in [2.45, 2.75) is 51.0 Å². The Morgan fingerprint density at radius 1 is 1.14 bits per heavy atom. The predicted molar refractivity (Wildman–Crippen MR) is 81.0 cm³/mol. The van der Waals surface area contributed by atoms with E-state index < -0.39 is 11.9 Å². The highest BCUT2D eigenvalue weighted by Crippen LogP contribution is 2.25. The summed E-state index contributed by atoms with van der Waals surface area (Å²) in [6.07, 6.45) is 4.36. The molecule has 114 valence electrons. The summed E-state index contributed by atoms with van der Waals surface area (Å²) in [7, 11) is 0. The van der Waals surface area contributed by atoms with Gasteiger partial charge in [-0.25, -0.2) is 0 Å². The minimum Gasteiger partial charge on any atom is -0.481 e. The van der Waals surface area contributed by atoms with Gasteiger partial charge >= 0.3 is 5.97 Å². The number of aliphatic carboxylic acids is 1. The van der Waals surface area contributed by atoms with Crippen molar-refractivity contribution in [1.29, 1.82) is 0 Å². The molecule has 1 fully saturated rings. The summed E-state index contributed by atoms with van der Waals surface area (Å²) in [6.45, 7) is 1.86. The fraction of sp³-hybridized carbons (Fsp3) is 0.529. The van der Waals surface area contributed by atoms with Gasteiger partial charge in [0.25, 0.3) is 0 Å². The van der Waals surface area contributed by atoms with Crippen molar-refractivity contribution in [2.75, 3.05) is 0 Å². The summed E-state index contributed by atoms with van der Waals surface area (Å²) in [6, 6.07) is 9.33. The smallest absolute Gasteiger partial charge is 0.308 e. The van der Waals surface area contributed by atoms with Gasteiger partial charge in [-0.3, -0.25) is 9.59 Å². The Labute approximate surface area is 125 Å². The summed E-state index contributed by atoms with van der Waals surface area (Å²) in [5.41, 5.74) is 0.954. The van der Waals surface area contributed by atoms with Crippen LogP contribution in [-0.2, 0) is 9.59 Å². The number of amides is 1. The normalized spacial score (nSPS) is 23.9. The largest absolute Gasteiger partial charge is 0.481 e. The summed E-state index contributed by atoms with van der Waals surface area (Å²) in [4.78, 5) is 23.8. The number of carbonyl (C=O) groups excluding carboxylic acids is 1. The van der Waals surface area contributed by atoms with Gasteiger partial charge < -0.3 is 10.4 Å². The molecule has 2 N–H and O–H groups in total. The van der Waals surface area contributed by atoms with Crippen molar-refractivity contribution in [3.63, 3.8) is 0 Å². The Bertz CT molecular complexity index is 486. The van der Waals surface area contributed by atoms with E-state index in [2.05, 4.69) is 5.32 Å². The Hall–Kier alpha value is -1.84. The number of carboxylic acids is 1. The van der Waals surface area contributed by atoms with Crippen LogP contribution in [0.3, 0.4) is 0 Å². The first kappa shape index (κ1) is 15.5. The molecule has 0 unspecified atom stereocenters. The van der Waals surface area contributed by atoms with E-state index >= 15 is 0 Å². The van der Waals surface area contributed by atoms with Crippen LogP contribution in [0.1, 0.15) is 50.5 Å². The van der Waals surface area contributed by atoms with E-state index in [1.807, 2.05) is 37.3 Å². The Kier molecular flexibility index (Phi) is 5.37. The van der Waals surface area contributed by atoms with Gasteiger partial charge in [-0.2, -0.15) is 0 Å². The van der Waals surface area contributed by atoms with Gasteiger partial charge in [0.05, 0.1) is 11.8 Å². The van der Waals surface area contributed by atoms with Gasteiger partial charge in [0.2, 0.25) is 5.91 Å². The molecule has 3 atom stereocenters. The molecular formula is C17H23NO3. The first-order valence-corrected chi connectivity index (χ1v) is 7.67. The number of hydrogen-bond donors (Lipinski definition) is 2. The van der Waals surface area contributed by atoms with E-state index in [0.29, 0.717) is 6.42 Å². The summed E-state index contributed by atoms with van der Waals surface area (Å²) in [5, 5.41) is 12.3. The molecule has 0 aromatic heterocycles. The molecule has 1 amide bonds. The van der Waals surface area contributed by atoms with Crippen LogP contribution in [0.2, 0.25) is 0 Å². The van der Waals surface area contributed by atoms with Crippen LogP contribution in [0.15, 0.2) is 30.3 Å². The number of nitrogens with one attached hydrogen (secondary N) is 1. The molecule has 1 aromatic carbocycles. The number of hydrogen-bond acceptors (Lipinski definition) is 2. The highest BCUT2D eigenvalue weighted by molar-refractivity contribution is 5.84. The molecule has 0 heterocycles. The van der Waals surface area contributed by atoms with E-state index in [1.54, 1.807) is 0 Å². The third-order valence-corrected chi connectivity index (χ3v) is 4.35. The van der Waals surface area contributed by atoms with Crippen molar-refractivity contribution in [3.8, 4) is 0 Å². The lowest BCUT2D eigenvalue weighted by molar-refractivity contribution is -0.143. The second-order valence-electron chi connectivity index (χ2n) is 5.83. The lowest BCUT2D eigenvalue weighted by atomic mass is 9.93. The molecule has 0 spiro atoms. The van der Waals surface area contributed by atoms with E-state index in [-0.39, 0.29) is 17.9 Å². The summed E-state index contributed by atoms with van der Waals surface area (Å²) >= 11 is 0. The van der Waals surface area contributed by atoms with Gasteiger partial charge in [0.1, 0.15) is 0 Å². The zero-order valence-electron chi connectivity index (χ0n) is 12.4. The number of rotatable bonds is 4. The number of carbonyl (C=O) groups is 2. The fourth-order valence-corrected chi connectivity index (χ4v) is 2.98. The quantitative estimate of drug-likeness (QED) is 0.837. The van der Waals surface area contributed by atoms with Crippen molar-refractivity contribution in [3.05, 3.63) is 35.9 Å². The molecule has 1 aliphatic rings. The van der Waals surface area contributed by atoms with Crippen molar-refractivity contribution >= 4 is 11.9 Å². The molecule has 1 saturated carbocycles. The molecule has 0 saturated heterocycles. The monoisotopic (exact) mass is 289 g/mol. The second-order valence-corrected chi connectivity index (χ2v) is 5.83. The Morgan fingerprint density at radius 3 is 2.48 bits per heavy atom. The van der Waals surface area contributed by atoms with Crippen LogP contribution in [0, 0.1) is 5.92 Å². The van der Waals surface area contributed by atoms with E-state index in [9.17, 15) is 14.7 Å². The van der Waals surface area contributed by atoms with Crippen LogP contribution >= 0.6 is 0 Å². The molecule has 0 bridgehead atoms. The number of carboxylic acid groups (broad SMARTS) is 1. The maximum Gasteiger partial charge on any atom is 0.308 e. The molecule has 1 aromatic rings. The van der Waals surface area contributed by atoms with Gasteiger partial charge in [-0.1, -0.05) is 49.6 Å². The lowest BCUT2D eigenvalue weighted by Gasteiger charge is -2.24. The minimum atomic E-state index is -0.797. The topological polar surface area (TPSA) is 66.4 Å². The maximum atomic E-state index is 12.4. The van der Waals surface area contributed by atoms with Crippen molar-refractivity contribution in [2.24, 2.45) is 5.92 Å². The van der Waals surface area contributed by atoms with E-state index in [1.165, 1.54) is 0 Å². The lowest BCUT2D eigenvalue weighted by Crippen LogP contribution is -2.44. The maximum absolute atomic E-state index is 12.4. The van der Waals surface area contributed by atoms with Gasteiger partial charge in [0, 0.05) is 6.04 Å². The first-order valence-electron chi connectivity index (χ1n) is 7.67. The molecule has 21 heavy (non-hydrogen) atoms. The Balaban J connectivity index is 2.04. The molecule has 2 rings (SSSR count). The molecule has 1 aliphatic carbocycles. The first-order chi connectivity index (χ1) is 10.1. The van der Waals surface area contributed by atoms with Crippen LogP contribution in [0.4, 0.5) is 0 Å². The third-order valence-electron chi connectivity index (χ3n) is 4.35. The van der Waals surface area contributed by atoms with Gasteiger partial charge in [-0.15, -0.1) is 0 Å². The van der Waals surface area contributed by atoms with E-state index in [0.717, 1.165) is 31.2 Å². The second kappa shape index (κ2) is 7.25. The highest BCUT2D eigenvalue weighted by Gasteiger charge is 2.31. The fourth-order valence-electron chi connectivity index (χ4n) is 2.98. The predicted octanol–water partition coefficient (Wildman–Crippen LogP) is 2.94.